The number of aromatic nitrogens is 2. The lowest BCUT2D eigenvalue weighted by Crippen LogP contribution is -2.10. The number of H-pyrrole nitrogens is 1. The molecule has 0 saturated carbocycles. The molecule has 21 heavy (non-hydrogen) atoms. The number of ether oxygens (including phenoxy) is 3. The third kappa shape index (κ3) is 2.16. The molecule has 1 aromatic heterocycles. The summed E-state index contributed by atoms with van der Waals surface area (Å²) in [7, 11) is 3.01. The van der Waals surface area contributed by atoms with Gasteiger partial charge in [-0.15, -0.1) is 0 Å². The summed E-state index contributed by atoms with van der Waals surface area (Å²) in [6, 6.07) is 5.34. The highest BCUT2D eigenvalue weighted by Gasteiger charge is 2.36. The first-order chi connectivity index (χ1) is 10.1. The van der Waals surface area contributed by atoms with Crippen molar-refractivity contribution in [1.82, 2.24) is 10.2 Å². The van der Waals surface area contributed by atoms with Crippen molar-refractivity contribution in [2.75, 3.05) is 19.5 Å². The van der Waals surface area contributed by atoms with Crippen LogP contribution in [0.4, 0.5) is 5.82 Å². The van der Waals surface area contributed by atoms with Gasteiger partial charge in [-0.2, -0.15) is 5.10 Å². The Morgan fingerprint density at radius 2 is 2.14 bits per heavy atom. The Labute approximate surface area is 121 Å². The standard InChI is InChI=1S/C14H15N3O4/c1-7-6-10(17-16-7)15-13-8-4-5-9(19-2)12(20-3)11(8)14(18)21-13/h4-6,13H,1-3H3,(H2,15,16,17)/t13-/m0/s1. The summed E-state index contributed by atoms with van der Waals surface area (Å²) in [5, 5.41) is 9.95. The lowest BCUT2D eigenvalue weighted by atomic mass is 10.1. The van der Waals surface area contributed by atoms with Crippen LogP contribution in [0.15, 0.2) is 18.2 Å². The highest BCUT2D eigenvalue weighted by Crippen LogP contribution is 2.41. The number of carbonyl (C=O) groups is 1. The van der Waals surface area contributed by atoms with Gasteiger partial charge >= 0.3 is 5.97 Å². The molecule has 0 saturated heterocycles. The molecule has 7 heteroatoms. The molecule has 0 radical (unpaired) electrons. The second-order valence-electron chi connectivity index (χ2n) is 4.63. The third-order valence-corrected chi connectivity index (χ3v) is 3.27. The molecule has 0 bridgehead atoms. The second kappa shape index (κ2) is 5.01. The predicted octanol–water partition coefficient (Wildman–Crippen LogP) is 2.02. The largest absolute Gasteiger partial charge is 0.493 e. The van der Waals surface area contributed by atoms with E-state index >= 15 is 0 Å². The van der Waals surface area contributed by atoms with Gasteiger partial charge in [0.05, 0.1) is 14.2 Å². The van der Waals surface area contributed by atoms with Gasteiger partial charge in [0.15, 0.2) is 17.3 Å². The lowest BCUT2D eigenvalue weighted by molar-refractivity contribution is 0.0434. The molecule has 0 aliphatic carbocycles. The van der Waals surface area contributed by atoms with Crippen LogP contribution in [0.25, 0.3) is 0 Å². The van der Waals surface area contributed by atoms with Gasteiger partial charge in [0.2, 0.25) is 6.23 Å². The molecule has 1 aliphatic rings. The lowest BCUT2D eigenvalue weighted by Gasteiger charge is -2.13. The minimum Gasteiger partial charge on any atom is -0.493 e. The fourth-order valence-electron chi connectivity index (χ4n) is 2.33. The first-order valence-electron chi connectivity index (χ1n) is 6.38. The van der Waals surface area contributed by atoms with Crippen LogP contribution in [0.5, 0.6) is 11.5 Å². The summed E-state index contributed by atoms with van der Waals surface area (Å²) in [5.41, 5.74) is 1.98. The number of nitrogens with one attached hydrogen (secondary N) is 2. The number of esters is 1. The zero-order valence-electron chi connectivity index (χ0n) is 11.9. The number of rotatable bonds is 4. The number of benzene rings is 1. The van der Waals surface area contributed by atoms with Crippen molar-refractivity contribution in [3.8, 4) is 11.5 Å². The number of anilines is 1. The highest BCUT2D eigenvalue weighted by atomic mass is 16.6. The number of cyclic esters (lactones) is 1. The molecule has 1 aromatic carbocycles. The normalized spacial score (nSPS) is 16.3. The summed E-state index contributed by atoms with van der Waals surface area (Å²) >= 11 is 0. The van der Waals surface area contributed by atoms with E-state index in [0.29, 0.717) is 28.4 Å². The number of aryl methyl sites for hydroxylation is 1. The Morgan fingerprint density at radius 3 is 2.76 bits per heavy atom. The Bertz CT molecular complexity index is 696. The van der Waals surface area contributed by atoms with Gasteiger partial charge in [-0.05, 0) is 19.1 Å². The van der Waals surface area contributed by atoms with E-state index in [9.17, 15) is 4.79 Å². The van der Waals surface area contributed by atoms with Crippen molar-refractivity contribution >= 4 is 11.8 Å². The molecule has 2 heterocycles. The Hall–Kier alpha value is -2.70. The number of carbonyl (C=O) groups excluding carboxylic acids is 1. The van der Waals surface area contributed by atoms with E-state index in [1.54, 1.807) is 12.1 Å². The fraction of sp³-hybridized carbons (Fsp3) is 0.286. The van der Waals surface area contributed by atoms with E-state index in [4.69, 9.17) is 14.2 Å². The van der Waals surface area contributed by atoms with Gasteiger partial charge in [-0.25, -0.2) is 4.79 Å². The van der Waals surface area contributed by atoms with Crippen LogP contribution in [-0.2, 0) is 4.74 Å². The van der Waals surface area contributed by atoms with Crippen LogP contribution in [0.2, 0.25) is 0 Å². The van der Waals surface area contributed by atoms with Crippen LogP contribution in [-0.4, -0.2) is 30.4 Å². The van der Waals surface area contributed by atoms with Crippen molar-refractivity contribution in [2.24, 2.45) is 0 Å². The topological polar surface area (TPSA) is 85.5 Å². The molecular formula is C14H15N3O4. The Balaban J connectivity index is 1.98. The van der Waals surface area contributed by atoms with Gasteiger partial charge in [0.1, 0.15) is 5.56 Å². The van der Waals surface area contributed by atoms with Gasteiger partial charge in [0, 0.05) is 17.3 Å². The maximum atomic E-state index is 12.1. The summed E-state index contributed by atoms with van der Waals surface area (Å²) in [6.07, 6.45) is -0.602. The van der Waals surface area contributed by atoms with E-state index < -0.39 is 12.2 Å². The van der Waals surface area contributed by atoms with E-state index in [0.717, 1.165) is 5.69 Å². The Kier molecular flexibility index (Phi) is 3.17. The first-order valence-corrected chi connectivity index (χ1v) is 6.38. The van der Waals surface area contributed by atoms with Gasteiger partial charge < -0.3 is 19.5 Å². The summed E-state index contributed by atoms with van der Waals surface area (Å²) in [5.74, 6) is 1.02. The fourth-order valence-corrected chi connectivity index (χ4v) is 2.33. The van der Waals surface area contributed by atoms with Crippen molar-refractivity contribution in [3.05, 3.63) is 35.0 Å². The molecule has 7 nitrogen and oxygen atoms in total. The molecule has 1 aliphatic heterocycles. The average Bonchev–Trinajstić information content (AvgIpc) is 3.02. The molecule has 0 unspecified atom stereocenters. The van der Waals surface area contributed by atoms with Crippen LogP contribution in [0.1, 0.15) is 27.8 Å². The monoisotopic (exact) mass is 289 g/mol. The van der Waals surface area contributed by atoms with E-state index in [2.05, 4.69) is 15.5 Å². The Morgan fingerprint density at radius 1 is 1.33 bits per heavy atom. The zero-order valence-corrected chi connectivity index (χ0v) is 11.9. The first kappa shape index (κ1) is 13.3. The number of nitrogens with zero attached hydrogens (tertiary/aromatic N) is 1. The van der Waals surface area contributed by atoms with Crippen molar-refractivity contribution in [2.45, 2.75) is 13.2 Å². The molecule has 2 aromatic rings. The number of hydrogen-bond donors (Lipinski definition) is 2. The maximum absolute atomic E-state index is 12.1. The highest BCUT2D eigenvalue weighted by molar-refractivity contribution is 5.98. The van der Waals surface area contributed by atoms with Crippen LogP contribution >= 0.6 is 0 Å². The molecule has 3 rings (SSSR count). The maximum Gasteiger partial charge on any atom is 0.344 e. The van der Waals surface area contributed by atoms with Gasteiger partial charge in [-0.1, -0.05) is 0 Å². The number of methoxy groups -OCH3 is 2. The van der Waals surface area contributed by atoms with E-state index in [-0.39, 0.29) is 0 Å². The smallest absolute Gasteiger partial charge is 0.344 e. The number of aromatic amines is 1. The van der Waals surface area contributed by atoms with Crippen LogP contribution in [0, 0.1) is 6.92 Å². The quantitative estimate of drug-likeness (QED) is 0.837. The number of hydrogen-bond acceptors (Lipinski definition) is 6. The summed E-state index contributed by atoms with van der Waals surface area (Å²) in [4.78, 5) is 12.1. The van der Waals surface area contributed by atoms with Crippen LogP contribution in [0.3, 0.4) is 0 Å². The molecule has 2 N–H and O–H groups in total. The second-order valence-corrected chi connectivity index (χ2v) is 4.63. The predicted molar refractivity (Wildman–Crippen MR) is 74.6 cm³/mol. The summed E-state index contributed by atoms with van der Waals surface area (Å²) in [6.45, 7) is 1.89. The van der Waals surface area contributed by atoms with Gasteiger partial charge in [0.25, 0.3) is 0 Å². The zero-order chi connectivity index (χ0) is 15.0. The minimum absolute atomic E-state index is 0.376. The molecule has 0 spiro atoms. The van der Waals surface area contributed by atoms with Crippen LogP contribution < -0.4 is 14.8 Å². The number of fused-ring (bicyclic) bond motifs is 1. The average molecular weight is 289 g/mol. The van der Waals surface area contributed by atoms with Crippen molar-refractivity contribution < 1.29 is 19.0 Å². The minimum atomic E-state index is -0.602. The molecule has 1 atom stereocenters. The van der Waals surface area contributed by atoms with Gasteiger partial charge in [-0.3, -0.25) is 5.10 Å². The SMILES string of the molecule is COc1ccc2c(c1OC)C(=O)O[C@@H]2Nc1cc(C)[nH]n1. The third-order valence-electron chi connectivity index (χ3n) is 3.27. The van der Waals surface area contributed by atoms with E-state index in [1.807, 2.05) is 13.0 Å². The van der Waals surface area contributed by atoms with Crippen molar-refractivity contribution in [1.29, 1.82) is 0 Å². The summed E-state index contributed by atoms with van der Waals surface area (Å²) < 4.78 is 15.8. The van der Waals surface area contributed by atoms with E-state index in [1.165, 1.54) is 14.2 Å². The molecule has 110 valence electrons. The molecule has 0 amide bonds. The molecular weight excluding hydrogens is 274 g/mol. The van der Waals surface area contributed by atoms with Crippen molar-refractivity contribution in [3.63, 3.8) is 0 Å². The molecule has 0 fully saturated rings.